The van der Waals surface area contributed by atoms with Crippen LogP contribution in [0.4, 0.5) is 5.69 Å². The van der Waals surface area contributed by atoms with Gasteiger partial charge >= 0.3 is 0 Å². The zero-order chi connectivity index (χ0) is 14.8. The molecule has 2 atom stereocenters. The number of nitrogens with zero attached hydrogens (tertiary/aromatic N) is 1. The lowest BCUT2D eigenvalue weighted by atomic mass is 9.93. The highest BCUT2D eigenvalue weighted by Crippen LogP contribution is 2.39. The van der Waals surface area contributed by atoms with Gasteiger partial charge in [0.15, 0.2) is 0 Å². The largest absolute Gasteiger partial charge is 0.486 e. The van der Waals surface area contributed by atoms with Crippen molar-refractivity contribution in [1.29, 1.82) is 0 Å². The van der Waals surface area contributed by atoms with Gasteiger partial charge in [0.05, 0.1) is 5.69 Å². The summed E-state index contributed by atoms with van der Waals surface area (Å²) in [6, 6.07) is 18.0. The maximum atomic E-state index is 11.9. The molecular weight excluding hydrogens is 262 g/mol. The highest BCUT2D eigenvalue weighted by molar-refractivity contribution is 5.93. The van der Waals surface area contributed by atoms with E-state index in [-0.39, 0.29) is 18.1 Å². The number of fused-ring (bicyclic) bond motifs is 1. The van der Waals surface area contributed by atoms with E-state index in [0.717, 1.165) is 23.4 Å². The molecule has 3 rings (SSSR count). The lowest BCUT2D eigenvalue weighted by Gasteiger charge is -2.38. The minimum Gasteiger partial charge on any atom is -0.486 e. The number of carbonyl (C=O) groups excluding carboxylic acids is 1. The lowest BCUT2D eigenvalue weighted by molar-refractivity contribution is -0.117. The zero-order valence-corrected chi connectivity index (χ0v) is 12.3. The third-order valence-corrected chi connectivity index (χ3v) is 3.90. The van der Waals surface area contributed by atoms with Gasteiger partial charge in [0, 0.05) is 24.9 Å². The normalized spacial score (nSPS) is 20.8. The summed E-state index contributed by atoms with van der Waals surface area (Å²) in [6.07, 6.45) is 0.778. The molecule has 0 aromatic heterocycles. The summed E-state index contributed by atoms with van der Waals surface area (Å²) >= 11 is 0. The van der Waals surface area contributed by atoms with Crippen molar-refractivity contribution in [2.24, 2.45) is 0 Å². The van der Waals surface area contributed by atoms with Crippen LogP contribution in [0.15, 0.2) is 54.6 Å². The predicted octanol–water partition coefficient (Wildman–Crippen LogP) is 3.95. The van der Waals surface area contributed by atoms with Gasteiger partial charge < -0.3 is 9.64 Å². The molecule has 0 saturated heterocycles. The monoisotopic (exact) mass is 281 g/mol. The van der Waals surface area contributed by atoms with Crippen LogP contribution in [-0.2, 0) is 4.79 Å². The fourth-order valence-electron chi connectivity index (χ4n) is 3.01. The number of rotatable bonds is 2. The summed E-state index contributed by atoms with van der Waals surface area (Å²) < 4.78 is 6.14. The number of hydrogen-bond acceptors (Lipinski definition) is 2. The lowest BCUT2D eigenvalue weighted by Crippen LogP contribution is -2.42. The number of hydrogen-bond donors (Lipinski definition) is 0. The Bertz CT molecular complexity index is 639. The van der Waals surface area contributed by atoms with Crippen molar-refractivity contribution in [3.63, 3.8) is 0 Å². The van der Waals surface area contributed by atoms with Gasteiger partial charge in [-0.15, -0.1) is 0 Å². The predicted molar refractivity (Wildman–Crippen MR) is 83.5 cm³/mol. The summed E-state index contributed by atoms with van der Waals surface area (Å²) in [5.74, 6) is 0.939. The maximum Gasteiger partial charge on any atom is 0.224 e. The topological polar surface area (TPSA) is 29.5 Å². The summed E-state index contributed by atoms with van der Waals surface area (Å²) in [7, 11) is 0. The first kappa shape index (κ1) is 13.7. The van der Waals surface area contributed by atoms with E-state index >= 15 is 0 Å². The molecule has 0 bridgehead atoms. The number of carbonyl (C=O) groups is 1. The highest BCUT2D eigenvalue weighted by Gasteiger charge is 2.33. The van der Waals surface area contributed by atoms with Gasteiger partial charge in [0.1, 0.15) is 11.9 Å². The molecule has 3 nitrogen and oxygen atoms in total. The Kier molecular flexibility index (Phi) is 3.65. The molecule has 0 saturated carbocycles. The van der Waals surface area contributed by atoms with Gasteiger partial charge in [0.25, 0.3) is 0 Å². The number of amides is 1. The van der Waals surface area contributed by atoms with Crippen molar-refractivity contribution < 1.29 is 9.53 Å². The first-order chi connectivity index (χ1) is 10.2. The molecule has 108 valence electrons. The Labute approximate surface area is 125 Å². The van der Waals surface area contributed by atoms with Crippen LogP contribution < -0.4 is 9.64 Å². The van der Waals surface area contributed by atoms with E-state index in [9.17, 15) is 4.79 Å². The van der Waals surface area contributed by atoms with Gasteiger partial charge in [-0.2, -0.15) is 0 Å². The molecule has 2 unspecified atom stereocenters. The van der Waals surface area contributed by atoms with Crippen molar-refractivity contribution >= 4 is 11.6 Å². The van der Waals surface area contributed by atoms with Crippen LogP contribution in [0.25, 0.3) is 0 Å². The molecule has 2 aromatic rings. The second-order valence-corrected chi connectivity index (χ2v) is 5.45. The van der Waals surface area contributed by atoms with Gasteiger partial charge in [-0.05, 0) is 25.1 Å². The van der Waals surface area contributed by atoms with Gasteiger partial charge in [-0.25, -0.2) is 0 Å². The van der Waals surface area contributed by atoms with Crippen LogP contribution in [0.5, 0.6) is 5.75 Å². The third kappa shape index (κ3) is 2.64. The molecule has 1 aliphatic heterocycles. The molecule has 3 heteroatoms. The fourth-order valence-corrected chi connectivity index (χ4v) is 3.01. The molecule has 0 N–H and O–H groups in total. The average Bonchev–Trinajstić information content (AvgIpc) is 2.48. The van der Waals surface area contributed by atoms with Crippen molar-refractivity contribution in [3.8, 4) is 5.75 Å². The molecule has 0 fully saturated rings. The molecule has 1 heterocycles. The fraction of sp³-hybridized carbons (Fsp3) is 0.278. The van der Waals surface area contributed by atoms with Gasteiger partial charge in [-0.1, -0.05) is 36.4 Å². The Morgan fingerprint density at radius 3 is 2.48 bits per heavy atom. The third-order valence-electron chi connectivity index (χ3n) is 3.90. The Morgan fingerprint density at radius 2 is 1.76 bits per heavy atom. The highest BCUT2D eigenvalue weighted by atomic mass is 16.5. The first-order valence-corrected chi connectivity index (χ1v) is 7.27. The molecule has 0 radical (unpaired) electrons. The average molecular weight is 281 g/mol. The van der Waals surface area contributed by atoms with Crippen molar-refractivity contribution in [1.82, 2.24) is 0 Å². The van der Waals surface area contributed by atoms with Crippen molar-refractivity contribution in [3.05, 3.63) is 60.2 Å². The van der Waals surface area contributed by atoms with Crippen LogP contribution in [0, 0.1) is 0 Å². The smallest absolute Gasteiger partial charge is 0.224 e. The molecule has 21 heavy (non-hydrogen) atoms. The van der Waals surface area contributed by atoms with Crippen molar-refractivity contribution in [2.75, 3.05) is 4.90 Å². The summed E-state index contributed by atoms with van der Waals surface area (Å²) in [6.45, 7) is 3.68. The molecular formula is C18H19NO2. The summed E-state index contributed by atoms with van der Waals surface area (Å²) in [4.78, 5) is 13.8. The minimum atomic E-state index is -0.0193. The standard InChI is InChI=1S/C18H19NO2/c1-13-12-18(21-15-8-4-3-5-9-15)16-10-6-7-11-17(16)19(13)14(2)20/h3-11,13,18H,12H2,1-2H3. The van der Waals surface area contributed by atoms with Crippen LogP contribution in [-0.4, -0.2) is 11.9 Å². The van der Waals surface area contributed by atoms with Crippen molar-refractivity contribution in [2.45, 2.75) is 32.4 Å². The van der Waals surface area contributed by atoms with E-state index in [1.165, 1.54) is 0 Å². The Hall–Kier alpha value is -2.29. The molecule has 0 aliphatic carbocycles. The number of benzene rings is 2. The zero-order valence-electron chi connectivity index (χ0n) is 12.3. The van der Waals surface area contributed by atoms with E-state index in [1.807, 2.05) is 59.5 Å². The van der Waals surface area contributed by atoms with Crippen LogP contribution in [0.2, 0.25) is 0 Å². The number of para-hydroxylation sites is 2. The summed E-state index contributed by atoms with van der Waals surface area (Å²) in [5, 5.41) is 0. The quantitative estimate of drug-likeness (QED) is 0.834. The number of ether oxygens (including phenoxy) is 1. The van der Waals surface area contributed by atoms with Crippen LogP contribution in [0.1, 0.15) is 31.9 Å². The molecule has 0 spiro atoms. The second kappa shape index (κ2) is 5.60. The Balaban J connectivity index is 1.96. The molecule has 1 amide bonds. The maximum absolute atomic E-state index is 11.9. The van der Waals surface area contributed by atoms with E-state index < -0.39 is 0 Å². The van der Waals surface area contributed by atoms with E-state index in [4.69, 9.17) is 4.74 Å². The second-order valence-electron chi connectivity index (χ2n) is 5.45. The number of anilines is 1. The van der Waals surface area contributed by atoms with Crippen LogP contribution in [0.3, 0.4) is 0 Å². The summed E-state index contributed by atoms with van der Waals surface area (Å²) in [5.41, 5.74) is 2.04. The first-order valence-electron chi connectivity index (χ1n) is 7.27. The minimum absolute atomic E-state index is 0.0193. The van der Waals surface area contributed by atoms with Gasteiger partial charge in [-0.3, -0.25) is 4.79 Å². The Morgan fingerprint density at radius 1 is 1.10 bits per heavy atom. The van der Waals surface area contributed by atoms with E-state index in [1.54, 1.807) is 6.92 Å². The van der Waals surface area contributed by atoms with Crippen LogP contribution >= 0.6 is 0 Å². The van der Waals surface area contributed by atoms with E-state index in [2.05, 4.69) is 6.92 Å². The SMILES string of the molecule is CC(=O)N1c2ccccc2C(Oc2ccccc2)CC1C. The van der Waals surface area contributed by atoms with Gasteiger partial charge in [0.2, 0.25) is 5.91 Å². The molecule has 2 aromatic carbocycles. The van der Waals surface area contributed by atoms with E-state index in [0.29, 0.717) is 0 Å². The molecule has 1 aliphatic rings.